The van der Waals surface area contributed by atoms with E-state index in [4.69, 9.17) is 5.21 Å². The van der Waals surface area contributed by atoms with Gasteiger partial charge in [0.15, 0.2) is 11.6 Å². The summed E-state index contributed by atoms with van der Waals surface area (Å²) in [6.07, 6.45) is 0.313. The van der Waals surface area contributed by atoms with E-state index < -0.39 is 11.6 Å². The van der Waals surface area contributed by atoms with Crippen molar-refractivity contribution in [1.82, 2.24) is 0 Å². The molecule has 1 aromatic rings. The van der Waals surface area contributed by atoms with Crippen LogP contribution in [0.1, 0.15) is 12.5 Å². The number of halogens is 2. The van der Waals surface area contributed by atoms with Crippen LogP contribution in [0.3, 0.4) is 0 Å². The molecule has 0 unspecified atom stereocenters. The van der Waals surface area contributed by atoms with Crippen LogP contribution in [0.5, 0.6) is 0 Å². The molecule has 0 aromatic heterocycles. The molecule has 0 aliphatic rings. The predicted molar refractivity (Wildman–Crippen MR) is 45.0 cm³/mol. The Hall–Kier alpha value is -1.45. The maximum absolute atomic E-state index is 12.7. The quantitative estimate of drug-likeness (QED) is 0.428. The SMILES string of the molecule is C/C(Cc1ccc(F)c(F)c1)=N/O. The van der Waals surface area contributed by atoms with E-state index in [9.17, 15) is 8.78 Å². The summed E-state index contributed by atoms with van der Waals surface area (Å²) in [6.45, 7) is 1.60. The van der Waals surface area contributed by atoms with Crippen LogP contribution in [0.25, 0.3) is 0 Å². The Morgan fingerprint density at radius 1 is 1.38 bits per heavy atom. The highest BCUT2D eigenvalue weighted by Gasteiger charge is 2.03. The van der Waals surface area contributed by atoms with Gasteiger partial charge < -0.3 is 5.21 Å². The summed E-state index contributed by atoms with van der Waals surface area (Å²) in [6, 6.07) is 3.59. The maximum Gasteiger partial charge on any atom is 0.159 e. The minimum Gasteiger partial charge on any atom is -0.411 e. The van der Waals surface area contributed by atoms with Crippen molar-refractivity contribution in [3.05, 3.63) is 35.4 Å². The van der Waals surface area contributed by atoms with Crippen molar-refractivity contribution in [2.24, 2.45) is 5.16 Å². The van der Waals surface area contributed by atoms with Crippen LogP contribution in [-0.2, 0) is 6.42 Å². The first kappa shape index (κ1) is 9.64. The Labute approximate surface area is 74.5 Å². The molecule has 0 spiro atoms. The highest BCUT2D eigenvalue weighted by atomic mass is 19.2. The number of benzene rings is 1. The van der Waals surface area contributed by atoms with Gasteiger partial charge in [-0.05, 0) is 24.6 Å². The molecule has 70 valence electrons. The first-order chi connectivity index (χ1) is 6.13. The van der Waals surface area contributed by atoms with Crippen LogP contribution in [0.2, 0.25) is 0 Å². The lowest BCUT2D eigenvalue weighted by Crippen LogP contribution is -1.98. The van der Waals surface area contributed by atoms with Crippen molar-refractivity contribution in [1.29, 1.82) is 0 Å². The van der Waals surface area contributed by atoms with Crippen LogP contribution in [-0.4, -0.2) is 10.9 Å². The summed E-state index contributed by atoms with van der Waals surface area (Å²) >= 11 is 0. The van der Waals surface area contributed by atoms with Crippen LogP contribution >= 0.6 is 0 Å². The molecule has 0 saturated heterocycles. The van der Waals surface area contributed by atoms with E-state index in [0.29, 0.717) is 17.7 Å². The summed E-state index contributed by atoms with van der Waals surface area (Å²) in [5, 5.41) is 11.3. The summed E-state index contributed by atoms with van der Waals surface area (Å²) in [5.41, 5.74) is 1.03. The second kappa shape index (κ2) is 3.98. The van der Waals surface area contributed by atoms with E-state index in [0.717, 1.165) is 12.1 Å². The minimum absolute atomic E-state index is 0.313. The molecule has 0 heterocycles. The van der Waals surface area contributed by atoms with Gasteiger partial charge in [-0.2, -0.15) is 0 Å². The van der Waals surface area contributed by atoms with Crippen LogP contribution < -0.4 is 0 Å². The lowest BCUT2D eigenvalue weighted by molar-refractivity contribution is 0.317. The van der Waals surface area contributed by atoms with Crippen LogP contribution in [0.15, 0.2) is 23.4 Å². The van der Waals surface area contributed by atoms with Crippen molar-refractivity contribution in [3.63, 3.8) is 0 Å². The molecule has 0 bridgehead atoms. The molecule has 0 saturated carbocycles. The standard InChI is InChI=1S/C9H9F2NO/c1-6(12-13)4-7-2-3-8(10)9(11)5-7/h2-3,5,13H,4H2,1H3/b12-6-. The average molecular weight is 185 g/mol. The fourth-order valence-corrected chi connectivity index (χ4v) is 0.980. The second-order valence-electron chi connectivity index (χ2n) is 2.76. The van der Waals surface area contributed by atoms with Gasteiger partial charge in [-0.3, -0.25) is 0 Å². The molecule has 0 radical (unpaired) electrons. The van der Waals surface area contributed by atoms with Crippen LogP contribution in [0, 0.1) is 11.6 Å². The predicted octanol–water partition coefficient (Wildman–Crippen LogP) is 2.36. The Balaban J connectivity index is 2.86. The minimum atomic E-state index is -0.886. The molecule has 13 heavy (non-hydrogen) atoms. The highest BCUT2D eigenvalue weighted by Crippen LogP contribution is 2.09. The van der Waals surface area contributed by atoms with Crippen molar-refractivity contribution in [2.45, 2.75) is 13.3 Å². The Kier molecular flexibility index (Phi) is 2.95. The molecule has 1 aromatic carbocycles. The molecular weight excluding hydrogens is 176 g/mol. The maximum atomic E-state index is 12.7. The van der Waals surface area contributed by atoms with Gasteiger partial charge in [0.2, 0.25) is 0 Å². The molecule has 2 nitrogen and oxygen atoms in total. The molecule has 4 heteroatoms. The molecule has 1 rings (SSSR count). The zero-order valence-corrected chi connectivity index (χ0v) is 7.09. The van der Waals surface area contributed by atoms with Gasteiger partial charge in [-0.15, -0.1) is 0 Å². The third-order valence-corrected chi connectivity index (χ3v) is 1.61. The Bertz CT molecular complexity index is 336. The summed E-state index contributed by atoms with van der Waals surface area (Å²) < 4.78 is 25.1. The lowest BCUT2D eigenvalue weighted by atomic mass is 10.1. The zero-order valence-electron chi connectivity index (χ0n) is 7.09. The first-order valence-electron chi connectivity index (χ1n) is 3.75. The van der Waals surface area contributed by atoms with Crippen molar-refractivity contribution >= 4 is 5.71 Å². The van der Waals surface area contributed by atoms with Gasteiger partial charge in [0, 0.05) is 6.42 Å². The largest absolute Gasteiger partial charge is 0.411 e. The first-order valence-corrected chi connectivity index (χ1v) is 3.75. The summed E-state index contributed by atoms with van der Waals surface area (Å²) in [4.78, 5) is 0. The second-order valence-corrected chi connectivity index (χ2v) is 2.76. The molecular formula is C9H9F2NO. The zero-order chi connectivity index (χ0) is 9.84. The van der Waals surface area contributed by atoms with Crippen molar-refractivity contribution in [3.8, 4) is 0 Å². The molecule has 0 atom stereocenters. The molecule has 0 fully saturated rings. The molecule has 0 amide bonds. The van der Waals surface area contributed by atoms with E-state index in [1.807, 2.05) is 0 Å². The number of rotatable bonds is 2. The van der Waals surface area contributed by atoms with Gasteiger partial charge in [0.05, 0.1) is 5.71 Å². The smallest absolute Gasteiger partial charge is 0.159 e. The van der Waals surface area contributed by atoms with Gasteiger partial charge in [-0.25, -0.2) is 8.78 Å². The van der Waals surface area contributed by atoms with Gasteiger partial charge in [-0.1, -0.05) is 11.2 Å². The van der Waals surface area contributed by atoms with E-state index >= 15 is 0 Å². The Morgan fingerprint density at radius 3 is 2.62 bits per heavy atom. The number of oxime groups is 1. The van der Waals surface area contributed by atoms with E-state index in [-0.39, 0.29) is 0 Å². The van der Waals surface area contributed by atoms with E-state index in [2.05, 4.69) is 5.16 Å². The average Bonchev–Trinajstić information content (AvgIpc) is 2.11. The molecule has 0 aliphatic heterocycles. The van der Waals surface area contributed by atoms with Crippen LogP contribution in [0.4, 0.5) is 8.78 Å². The van der Waals surface area contributed by atoms with Gasteiger partial charge in [0.1, 0.15) is 0 Å². The number of hydrogen-bond acceptors (Lipinski definition) is 2. The topological polar surface area (TPSA) is 32.6 Å². The fraction of sp³-hybridized carbons (Fsp3) is 0.222. The molecule has 0 aliphatic carbocycles. The summed E-state index contributed by atoms with van der Waals surface area (Å²) in [7, 11) is 0. The van der Waals surface area contributed by atoms with Gasteiger partial charge in [0.25, 0.3) is 0 Å². The van der Waals surface area contributed by atoms with Crippen molar-refractivity contribution in [2.75, 3.05) is 0 Å². The normalized spacial score (nSPS) is 11.8. The third kappa shape index (κ3) is 2.50. The van der Waals surface area contributed by atoms with E-state index in [1.54, 1.807) is 6.92 Å². The summed E-state index contributed by atoms with van der Waals surface area (Å²) in [5.74, 6) is -1.76. The molecule has 1 N–H and O–H groups in total. The lowest BCUT2D eigenvalue weighted by Gasteiger charge is -1.99. The van der Waals surface area contributed by atoms with Gasteiger partial charge >= 0.3 is 0 Å². The van der Waals surface area contributed by atoms with E-state index in [1.165, 1.54) is 6.07 Å². The number of nitrogens with zero attached hydrogens (tertiary/aromatic N) is 1. The number of hydrogen-bond donors (Lipinski definition) is 1. The third-order valence-electron chi connectivity index (χ3n) is 1.61. The monoisotopic (exact) mass is 185 g/mol. The van der Waals surface area contributed by atoms with Crippen molar-refractivity contribution < 1.29 is 14.0 Å². The Morgan fingerprint density at radius 2 is 2.08 bits per heavy atom. The fourth-order valence-electron chi connectivity index (χ4n) is 0.980. The highest BCUT2D eigenvalue weighted by molar-refractivity contribution is 5.83.